The Kier molecular flexibility index (Phi) is 2.14. The molecule has 3 atom stereocenters. The first-order chi connectivity index (χ1) is 5.38. The first kappa shape index (κ1) is 7.56. The van der Waals surface area contributed by atoms with E-state index in [2.05, 4.69) is 5.32 Å². The number of fused-ring (bicyclic) bond motifs is 2. The highest BCUT2D eigenvalue weighted by atomic mass is 16.3. The van der Waals surface area contributed by atoms with Crippen molar-refractivity contribution >= 4 is 0 Å². The Labute approximate surface area is 68.0 Å². The molecule has 0 spiro atoms. The van der Waals surface area contributed by atoms with E-state index < -0.39 is 0 Å². The zero-order chi connectivity index (χ0) is 7.68. The van der Waals surface area contributed by atoms with Crippen molar-refractivity contribution in [2.45, 2.75) is 44.2 Å². The van der Waals surface area contributed by atoms with Crippen LogP contribution < -0.4 is 5.32 Å². The lowest BCUT2D eigenvalue weighted by Crippen LogP contribution is -2.49. The minimum Gasteiger partial charge on any atom is -0.396 e. The SMILES string of the molecule is OCC1C[C@H]2CCC[C@@H](C1)N2. The number of nitrogens with one attached hydrogen (secondary N) is 1. The van der Waals surface area contributed by atoms with Crippen molar-refractivity contribution in [2.75, 3.05) is 6.61 Å². The average Bonchev–Trinajstić information content (AvgIpc) is 2.03. The van der Waals surface area contributed by atoms with Crippen LogP contribution in [0.15, 0.2) is 0 Å². The summed E-state index contributed by atoms with van der Waals surface area (Å²) in [5.41, 5.74) is 0. The first-order valence-electron chi connectivity index (χ1n) is 4.75. The third-order valence-electron chi connectivity index (χ3n) is 3.07. The van der Waals surface area contributed by atoms with Gasteiger partial charge in [0.2, 0.25) is 0 Å². The second kappa shape index (κ2) is 3.11. The normalized spacial score (nSPS) is 43.9. The minimum atomic E-state index is 0.398. The van der Waals surface area contributed by atoms with Crippen LogP contribution in [0.2, 0.25) is 0 Å². The molecule has 11 heavy (non-hydrogen) atoms. The molecule has 2 fully saturated rings. The van der Waals surface area contributed by atoms with Crippen LogP contribution in [0.5, 0.6) is 0 Å². The molecule has 0 aliphatic carbocycles. The summed E-state index contributed by atoms with van der Waals surface area (Å²) in [7, 11) is 0. The molecular weight excluding hydrogens is 138 g/mol. The van der Waals surface area contributed by atoms with Gasteiger partial charge in [0.25, 0.3) is 0 Å². The molecule has 0 radical (unpaired) electrons. The third kappa shape index (κ3) is 1.57. The van der Waals surface area contributed by atoms with Gasteiger partial charge in [-0.25, -0.2) is 0 Å². The van der Waals surface area contributed by atoms with Gasteiger partial charge < -0.3 is 10.4 Å². The van der Waals surface area contributed by atoms with Crippen molar-refractivity contribution in [3.8, 4) is 0 Å². The summed E-state index contributed by atoms with van der Waals surface area (Å²) in [5.74, 6) is 0.589. The van der Waals surface area contributed by atoms with Crippen LogP contribution in [-0.4, -0.2) is 23.8 Å². The monoisotopic (exact) mass is 155 g/mol. The quantitative estimate of drug-likeness (QED) is 0.589. The fourth-order valence-electron chi connectivity index (χ4n) is 2.53. The molecule has 2 rings (SSSR count). The maximum atomic E-state index is 9.02. The van der Waals surface area contributed by atoms with E-state index in [1.165, 1.54) is 32.1 Å². The van der Waals surface area contributed by atoms with Gasteiger partial charge in [-0.3, -0.25) is 0 Å². The van der Waals surface area contributed by atoms with Crippen molar-refractivity contribution in [3.05, 3.63) is 0 Å². The standard InChI is InChI=1S/C9H17NO/c11-6-7-4-8-2-1-3-9(5-7)10-8/h7-11H,1-6H2/t7?,8-,9+. The summed E-state index contributed by atoms with van der Waals surface area (Å²) in [6, 6.07) is 1.44. The fraction of sp³-hybridized carbons (Fsp3) is 1.00. The maximum Gasteiger partial charge on any atom is 0.0460 e. The predicted octanol–water partition coefficient (Wildman–Crippen LogP) is 0.899. The molecule has 64 valence electrons. The molecule has 2 N–H and O–H groups in total. The van der Waals surface area contributed by atoms with Crippen molar-refractivity contribution in [2.24, 2.45) is 5.92 Å². The van der Waals surface area contributed by atoms with Crippen LogP contribution in [-0.2, 0) is 0 Å². The van der Waals surface area contributed by atoms with Gasteiger partial charge in [0.05, 0.1) is 0 Å². The maximum absolute atomic E-state index is 9.02. The zero-order valence-corrected chi connectivity index (χ0v) is 6.92. The van der Waals surface area contributed by atoms with E-state index in [0.29, 0.717) is 12.5 Å². The van der Waals surface area contributed by atoms with Gasteiger partial charge in [-0.2, -0.15) is 0 Å². The number of hydrogen-bond donors (Lipinski definition) is 2. The van der Waals surface area contributed by atoms with Crippen LogP contribution in [0.1, 0.15) is 32.1 Å². The Hall–Kier alpha value is -0.0800. The van der Waals surface area contributed by atoms with Gasteiger partial charge >= 0.3 is 0 Å². The van der Waals surface area contributed by atoms with Crippen LogP contribution in [0.4, 0.5) is 0 Å². The highest BCUT2D eigenvalue weighted by Crippen LogP contribution is 2.28. The molecule has 0 aromatic carbocycles. The molecule has 1 unspecified atom stereocenters. The van der Waals surface area contributed by atoms with Crippen molar-refractivity contribution in [1.29, 1.82) is 0 Å². The molecular formula is C9H17NO. The van der Waals surface area contributed by atoms with Crippen LogP contribution in [0.25, 0.3) is 0 Å². The number of piperidine rings is 2. The number of rotatable bonds is 1. The van der Waals surface area contributed by atoms with Gasteiger partial charge in [-0.05, 0) is 31.6 Å². The second-order valence-electron chi connectivity index (χ2n) is 4.01. The van der Waals surface area contributed by atoms with Gasteiger partial charge in [0.1, 0.15) is 0 Å². The third-order valence-corrected chi connectivity index (χ3v) is 3.07. The van der Waals surface area contributed by atoms with E-state index in [1.807, 2.05) is 0 Å². The summed E-state index contributed by atoms with van der Waals surface area (Å²) in [6.45, 7) is 0.398. The van der Waals surface area contributed by atoms with Crippen LogP contribution >= 0.6 is 0 Å². The lowest BCUT2D eigenvalue weighted by atomic mass is 9.81. The number of aliphatic hydroxyl groups is 1. The largest absolute Gasteiger partial charge is 0.396 e. The van der Waals surface area contributed by atoms with Crippen molar-refractivity contribution in [1.82, 2.24) is 5.32 Å². The Morgan fingerprint density at radius 3 is 2.36 bits per heavy atom. The Bertz CT molecular complexity index is 126. The second-order valence-corrected chi connectivity index (χ2v) is 4.01. The first-order valence-corrected chi connectivity index (χ1v) is 4.75. The smallest absolute Gasteiger partial charge is 0.0460 e. The highest BCUT2D eigenvalue weighted by molar-refractivity contribution is 4.88. The molecule has 0 saturated carbocycles. The molecule has 2 aliphatic heterocycles. The lowest BCUT2D eigenvalue weighted by molar-refractivity contribution is 0.126. The van der Waals surface area contributed by atoms with Crippen LogP contribution in [0, 0.1) is 5.92 Å². The van der Waals surface area contributed by atoms with Crippen molar-refractivity contribution < 1.29 is 5.11 Å². The Balaban J connectivity index is 1.94. The number of hydrogen-bond acceptors (Lipinski definition) is 2. The summed E-state index contributed by atoms with van der Waals surface area (Å²) in [5, 5.41) is 12.6. The summed E-state index contributed by atoms with van der Waals surface area (Å²) < 4.78 is 0. The Morgan fingerprint density at radius 1 is 1.18 bits per heavy atom. The minimum absolute atomic E-state index is 0.398. The predicted molar refractivity (Wildman–Crippen MR) is 44.4 cm³/mol. The molecule has 0 aromatic rings. The molecule has 2 heterocycles. The Morgan fingerprint density at radius 2 is 1.82 bits per heavy atom. The summed E-state index contributed by atoms with van der Waals surface area (Å²) in [6.07, 6.45) is 6.44. The highest BCUT2D eigenvalue weighted by Gasteiger charge is 2.30. The molecule has 2 aliphatic rings. The molecule has 2 nitrogen and oxygen atoms in total. The topological polar surface area (TPSA) is 32.3 Å². The van der Waals surface area contributed by atoms with Gasteiger partial charge in [0.15, 0.2) is 0 Å². The molecule has 0 amide bonds. The average molecular weight is 155 g/mol. The van der Waals surface area contributed by atoms with E-state index >= 15 is 0 Å². The zero-order valence-electron chi connectivity index (χ0n) is 6.92. The molecule has 0 aromatic heterocycles. The molecule has 2 bridgehead atoms. The van der Waals surface area contributed by atoms with E-state index in [4.69, 9.17) is 5.11 Å². The van der Waals surface area contributed by atoms with Crippen molar-refractivity contribution in [3.63, 3.8) is 0 Å². The number of aliphatic hydroxyl groups excluding tert-OH is 1. The molecule has 2 heteroatoms. The van der Waals surface area contributed by atoms with Gasteiger partial charge in [0, 0.05) is 18.7 Å². The van der Waals surface area contributed by atoms with E-state index in [1.54, 1.807) is 0 Å². The van der Waals surface area contributed by atoms with E-state index in [0.717, 1.165) is 12.1 Å². The summed E-state index contributed by atoms with van der Waals surface area (Å²) >= 11 is 0. The molecule has 2 saturated heterocycles. The summed E-state index contributed by atoms with van der Waals surface area (Å²) in [4.78, 5) is 0. The van der Waals surface area contributed by atoms with E-state index in [-0.39, 0.29) is 0 Å². The van der Waals surface area contributed by atoms with Gasteiger partial charge in [-0.15, -0.1) is 0 Å². The lowest BCUT2D eigenvalue weighted by Gasteiger charge is -2.39. The van der Waals surface area contributed by atoms with Crippen LogP contribution in [0.3, 0.4) is 0 Å². The van der Waals surface area contributed by atoms with E-state index in [9.17, 15) is 0 Å². The fourth-order valence-corrected chi connectivity index (χ4v) is 2.53. The van der Waals surface area contributed by atoms with Gasteiger partial charge in [-0.1, -0.05) is 6.42 Å².